The fraction of sp³-hybridized carbons (Fsp3) is 0.368. The van der Waals surface area contributed by atoms with Crippen LogP contribution in [0, 0.1) is 0 Å². The minimum Gasteiger partial charge on any atom is -0.319 e. The van der Waals surface area contributed by atoms with E-state index in [0.717, 1.165) is 26.2 Å². The molecule has 0 spiro atoms. The first-order chi connectivity index (χ1) is 10.3. The molecular weight excluding hydrogens is 256 g/mol. The van der Waals surface area contributed by atoms with E-state index in [1.165, 1.54) is 22.3 Å². The van der Waals surface area contributed by atoms with Crippen LogP contribution in [0.2, 0.25) is 0 Å². The van der Waals surface area contributed by atoms with Crippen LogP contribution < -0.4 is 5.32 Å². The molecule has 21 heavy (non-hydrogen) atoms. The molecule has 1 atom stereocenters. The van der Waals surface area contributed by atoms with Gasteiger partial charge in [0.1, 0.15) is 0 Å². The lowest BCUT2D eigenvalue weighted by Crippen LogP contribution is -2.16. The summed E-state index contributed by atoms with van der Waals surface area (Å²) in [6, 6.07) is 17.9. The highest BCUT2D eigenvalue weighted by atomic mass is 15.1. The first-order valence-electron chi connectivity index (χ1n) is 7.79. The number of rotatable bonds is 5. The molecule has 2 heteroatoms. The van der Waals surface area contributed by atoms with E-state index in [4.69, 9.17) is 0 Å². The summed E-state index contributed by atoms with van der Waals surface area (Å²) in [6.45, 7) is 6.49. The number of hydrogen-bond acceptors (Lipinski definition) is 2. The predicted molar refractivity (Wildman–Crippen MR) is 88.2 cm³/mol. The van der Waals surface area contributed by atoms with Crippen molar-refractivity contribution >= 4 is 0 Å². The number of nitrogens with zero attached hydrogens (tertiary/aromatic N) is 1. The summed E-state index contributed by atoms with van der Waals surface area (Å²) < 4.78 is 0. The lowest BCUT2D eigenvalue weighted by molar-refractivity contribution is 0.275. The van der Waals surface area contributed by atoms with Gasteiger partial charge in [-0.1, -0.05) is 55.5 Å². The Kier molecular flexibility index (Phi) is 4.37. The SMILES string of the molecule is CNCC(C)c1ccc(CN2Cc3ccccc3C2)cc1. The van der Waals surface area contributed by atoms with Crippen LogP contribution in [0.5, 0.6) is 0 Å². The summed E-state index contributed by atoms with van der Waals surface area (Å²) in [5.74, 6) is 0.570. The smallest absolute Gasteiger partial charge is 0.0244 e. The van der Waals surface area contributed by atoms with Gasteiger partial charge in [-0.15, -0.1) is 0 Å². The number of fused-ring (bicyclic) bond motifs is 1. The maximum atomic E-state index is 3.24. The van der Waals surface area contributed by atoms with Gasteiger partial charge in [0, 0.05) is 26.2 Å². The summed E-state index contributed by atoms with van der Waals surface area (Å²) in [5, 5.41) is 3.24. The second-order valence-corrected chi connectivity index (χ2v) is 6.11. The molecule has 110 valence electrons. The Hall–Kier alpha value is -1.64. The van der Waals surface area contributed by atoms with E-state index in [1.807, 2.05) is 7.05 Å². The molecule has 1 heterocycles. The Morgan fingerprint density at radius 3 is 2.19 bits per heavy atom. The summed E-state index contributed by atoms with van der Waals surface area (Å²) in [4.78, 5) is 2.51. The summed E-state index contributed by atoms with van der Waals surface area (Å²) in [5.41, 5.74) is 5.79. The Bertz CT molecular complexity index is 564. The highest BCUT2D eigenvalue weighted by molar-refractivity contribution is 5.31. The van der Waals surface area contributed by atoms with Crippen molar-refractivity contribution in [2.24, 2.45) is 0 Å². The molecule has 1 aliphatic heterocycles. The van der Waals surface area contributed by atoms with Crippen molar-refractivity contribution in [3.63, 3.8) is 0 Å². The van der Waals surface area contributed by atoms with Crippen LogP contribution in [0.3, 0.4) is 0 Å². The average molecular weight is 280 g/mol. The van der Waals surface area contributed by atoms with Crippen LogP contribution >= 0.6 is 0 Å². The molecule has 3 rings (SSSR count). The summed E-state index contributed by atoms with van der Waals surface area (Å²) >= 11 is 0. The van der Waals surface area contributed by atoms with Crippen LogP contribution in [0.25, 0.3) is 0 Å². The lowest BCUT2D eigenvalue weighted by Gasteiger charge is -2.16. The molecule has 1 aliphatic rings. The quantitative estimate of drug-likeness (QED) is 0.901. The van der Waals surface area contributed by atoms with Gasteiger partial charge in [0.2, 0.25) is 0 Å². The van der Waals surface area contributed by atoms with E-state index in [-0.39, 0.29) is 0 Å². The number of benzene rings is 2. The van der Waals surface area contributed by atoms with E-state index < -0.39 is 0 Å². The highest BCUT2D eigenvalue weighted by Crippen LogP contribution is 2.24. The standard InChI is InChI=1S/C19H24N2/c1-15(11-20-2)17-9-7-16(8-10-17)12-21-13-18-5-3-4-6-19(18)14-21/h3-10,15,20H,11-14H2,1-2H3. The van der Waals surface area contributed by atoms with Crippen LogP contribution in [0.15, 0.2) is 48.5 Å². The van der Waals surface area contributed by atoms with Crippen molar-refractivity contribution in [1.82, 2.24) is 10.2 Å². The van der Waals surface area contributed by atoms with E-state index in [1.54, 1.807) is 0 Å². The molecular formula is C19H24N2. The number of likely N-dealkylation sites (N-methyl/N-ethyl adjacent to an activating group) is 1. The van der Waals surface area contributed by atoms with Crippen LogP contribution in [-0.2, 0) is 19.6 Å². The van der Waals surface area contributed by atoms with E-state index >= 15 is 0 Å². The van der Waals surface area contributed by atoms with E-state index in [0.29, 0.717) is 5.92 Å². The average Bonchev–Trinajstić information content (AvgIpc) is 2.90. The zero-order valence-corrected chi connectivity index (χ0v) is 13.0. The third-order valence-electron chi connectivity index (χ3n) is 4.37. The molecule has 0 aliphatic carbocycles. The predicted octanol–water partition coefficient (Wildman–Crippen LogP) is 3.53. The van der Waals surface area contributed by atoms with Gasteiger partial charge in [-0.3, -0.25) is 4.90 Å². The van der Waals surface area contributed by atoms with Gasteiger partial charge < -0.3 is 5.32 Å². The van der Waals surface area contributed by atoms with Gasteiger partial charge in [0.15, 0.2) is 0 Å². The third kappa shape index (κ3) is 3.34. The Labute approximate surface area is 127 Å². The summed E-state index contributed by atoms with van der Waals surface area (Å²) in [6.07, 6.45) is 0. The fourth-order valence-corrected chi connectivity index (χ4v) is 3.15. The van der Waals surface area contributed by atoms with E-state index in [9.17, 15) is 0 Å². The molecule has 2 nitrogen and oxygen atoms in total. The zero-order valence-electron chi connectivity index (χ0n) is 13.0. The number of hydrogen-bond donors (Lipinski definition) is 1. The van der Waals surface area contributed by atoms with Gasteiger partial charge in [-0.05, 0) is 35.2 Å². The Morgan fingerprint density at radius 2 is 1.62 bits per heavy atom. The molecule has 0 bridgehead atoms. The maximum Gasteiger partial charge on any atom is 0.0244 e. The molecule has 0 aromatic heterocycles. The lowest BCUT2D eigenvalue weighted by atomic mass is 10.00. The molecule has 0 saturated heterocycles. The summed E-state index contributed by atoms with van der Waals surface area (Å²) in [7, 11) is 2.01. The minimum absolute atomic E-state index is 0.570. The second-order valence-electron chi connectivity index (χ2n) is 6.11. The van der Waals surface area contributed by atoms with Crippen molar-refractivity contribution in [3.8, 4) is 0 Å². The van der Waals surface area contributed by atoms with Crippen LogP contribution in [0.4, 0.5) is 0 Å². The van der Waals surface area contributed by atoms with Crippen LogP contribution in [-0.4, -0.2) is 18.5 Å². The number of nitrogens with one attached hydrogen (secondary N) is 1. The minimum atomic E-state index is 0.570. The van der Waals surface area contributed by atoms with Gasteiger partial charge in [-0.2, -0.15) is 0 Å². The monoisotopic (exact) mass is 280 g/mol. The van der Waals surface area contributed by atoms with Gasteiger partial charge >= 0.3 is 0 Å². The molecule has 0 radical (unpaired) electrons. The van der Waals surface area contributed by atoms with Crippen molar-refractivity contribution in [3.05, 3.63) is 70.8 Å². The largest absolute Gasteiger partial charge is 0.319 e. The van der Waals surface area contributed by atoms with E-state index in [2.05, 4.69) is 65.7 Å². The van der Waals surface area contributed by atoms with Crippen molar-refractivity contribution in [1.29, 1.82) is 0 Å². The maximum absolute atomic E-state index is 3.24. The van der Waals surface area contributed by atoms with Crippen molar-refractivity contribution in [2.75, 3.05) is 13.6 Å². The fourth-order valence-electron chi connectivity index (χ4n) is 3.15. The topological polar surface area (TPSA) is 15.3 Å². The molecule has 2 aromatic carbocycles. The van der Waals surface area contributed by atoms with Crippen molar-refractivity contribution in [2.45, 2.75) is 32.5 Å². The molecule has 1 unspecified atom stereocenters. The molecule has 1 N–H and O–H groups in total. The Balaban J connectivity index is 1.62. The van der Waals surface area contributed by atoms with Gasteiger partial charge in [0.25, 0.3) is 0 Å². The first-order valence-corrected chi connectivity index (χ1v) is 7.79. The third-order valence-corrected chi connectivity index (χ3v) is 4.37. The van der Waals surface area contributed by atoms with Gasteiger partial charge in [0.05, 0.1) is 0 Å². The normalized spacial score (nSPS) is 15.9. The zero-order chi connectivity index (χ0) is 14.7. The second kappa shape index (κ2) is 6.42. The molecule has 0 amide bonds. The Morgan fingerprint density at radius 1 is 1.00 bits per heavy atom. The highest BCUT2D eigenvalue weighted by Gasteiger charge is 2.18. The molecule has 2 aromatic rings. The van der Waals surface area contributed by atoms with Gasteiger partial charge in [-0.25, -0.2) is 0 Å². The van der Waals surface area contributed by atoms with Crippen LogP contribution in [0.1, 0.15) is 35.1 Å². The molecule has 0 saturated carbocycles. The first kappa shape index (κ1) is 14.3. The molecule has 0 fully saturated rings. The van der Waals surface area contributed by atoms with Crippen molar-refractivity contribution < 1.29 is 0 Å².